The van der Waals surface area contributed by atoms with Gasteiger partial charge in [0.2, 0.25) is 0 Å². The molecule has 0 aliphatic rings. The summed E-state index contributed by atoms with van der Waals surface area (Å²) in [6.45, 7) is 3.52. The Labute approximate surface area is 153 Å². The molecule has 26 heavy (non-hydrogen) atoms. The first kappa shape index (κ1) is 19.1. The Balaban J connectivity index is 2.87. The Bertz CT molecular complexity index is 1030. The number of aromatic nitrogens is 1. The van der Waals surface area contributed by atoms with E-state index in [0.717, 1.165) is 17.4 Å². The Morgan fingerprint density at radius 2 is 1.85 bits per heavy atom. The van der Waals surface area contributed by atoms with E-state index >= 15 is 0 Å². The summed E-state index contributed by atoms with van der Waals surface area (Å²) in [6, 6.07) is 10.3. The van der Waals surface area contributed by atoms with Gasteiger partial charge in [-0.05, 0) is 26.0 Å². The molecule has 0 bridgehead atoms. The second-order valence-corrected chi connectivity index (χ2v) is 5.88. The normalized spacial score (nSPS) is 12.3. The second-order valence-electron chi connectivity index (χ2n) is 4.85. The van der Waals surface area contributed by atoms with E-state index in [4.69, 9.17) is 9.47 Å². The summed E-state index contributed by atoms with van der Waals surface area (Å²) in [6.07, 6.45) is 1.06. The number of hydrogen-bond acceptors (Lipinski definition) is 7. The standard InChI is InChI=1S/C18H16N2O5S/c1-3-24-15(21)10-14-16(22)20(12-8-6-5-7-9-12)17(26-14)13(11-19)18(23)25-4-2/h5-10H,3-4H2,1-2H3/b14-10-,17-13-. The van der Waals surface area contributed by atoms with Crippen LogP contribution >= 0.6 is 11.3 Å². The van der Waals surface area contributed by atoms with Crippen molar-refractivity contribution in [2.75, 3.05) is 13.2 Å². The minimum Gasteiger partial charge on any atom is -0.463 e. The highest BCUT2D eigenvalue weighted by Crippen LogP contribution is 2.04. The van der Waals surface area contributed by atoms with Gasteiger partial charge in [0.1, 0.15) is 15.3 Å². The molecule has 1 aromatic carbocycles. The first-order valence-electron chi connectivity index (χ1n) is 7.80. The molecule has 0 N–H and O–H groups in total. The van der Waals surface area contributed by atoms with Gasteiger partial charge in [0.15, 0.2) is 5.57 Å². The van der Waals surface area contributed by atoms with Crippen LogP contribution < -0.4 is 14.8 Å². The van der Waals surface area contributed by atoms with Crippen LogP contribution in [0.3, 0.4) is 0 Å². The van der Waals surface area contributed by atoms with Crippen molar-refractivity contribution in [1.82, 2.24) is 4.57 Å². The molecular formula is C18H16N2O5S. The smallest absolute Gasteiger partial charge is 0.351 e. The zero-order valence-electron chi connectivity index (χ0n) is 14.2. The van der Waals surface area contributed by atoms with E-state index in [9.17, 15) is 19.6 Å². The lowest BCUT2D eigenvalue weighted by atomic mass is 10.3. The Morgan fingerprint density at radius 3 is 2.42 bits per heavy atom. The summed E-state index contributed by atoms with van der Waals surface area (Å²) in [7, 11) is 0. The van der Waals surface area contributed by atoms with Gasteiger partial charge >= 0.3 is 11.9 Å². The fourth-order valence-corrected chi connectivity index (χ4v) is 3.19. The molecule has 8 heteroatoms. The van der Waals surface area contributed by atoms with Gasteiger partial charge in [0.05, 0.1) is 18.9 Å². The third-order valence-electron chi connectivity index (χ3n) is 3.18. The van der Waals surface area contributed by atoms with Crippen LogP contribution in [0.25, 0.3) is 17.3 Å². The minimum absolute atomic E-state index is 0.0550. The van der Waals surface area contributed by atoms with Crippen LogP contribution in [0, 0.1) is 11.3 Å². The number of nitriles is 1. The molecule has 1 heterocycles. The molecule has 0 saturated heterocycles. The van der Waals surface area contributed by atoms with Crippen LogP contribution in [0.15, 0.2) is 35.1 Å². The highest BCUT2D eigenvalue weighted by molar-refractivity contribution is 7.07. The number of ether oxygens (including phenoxy) is 2. The molecule has 0 saturated carbocycles. The molecule has 0 atom stereocenters. The van der Waals surface area contributed by atoms with E-state index in [-0.39, 0.29) is 28.0 Å². The summed E-state index contributed by atoms with van der Waals surface area (Å²) in [5.41, 5.74) is -0.369. The van der Waals surface area contributed by atoms with Crippen molar-refractivity contribution in [3.63, 3.8) is 0 Å². The van der Waals surface area contributed by atoms with E-state index in [2.05, 4.69) is 0 Å². The number of rotatable bonds is 5. The summed E-state index contributed by atoms with van der Waals surface area (Å²) < 4.78 is 11.1. The molecule has 0 radical (unpaired) electrons. The number of hydrogen-bond donors (Lipinski definition) is 0. The zero-order valence-corrected chi connectivity index (χ0v) is 15.0. The van der Waals surface area contributed by atoms with Gasteiger partial charge < -0.3 is 9.47 Å². The van der Waals surface area contributed by atoms with Crippen LogP contribution in [0.1, 0.15) is 13.8 Å². The third-order valence-corrected chi connectivity index (χ3v) is 4.27. The maximum absolute atomic E-state index is 12.8. The Hall–Kier alpha value is -3.18. The van der Waals surface area contributed by atoms with Gasteiger partial charge in [0.25, 0.3) is 5.56 Å². The van der Waals surface area contributed by atoms with Crippen LogP contribution in [-0.2, 0) is 19.1 Å². The average Bonchev–Trinajstić information content (AvgIpc) is 2.93. The molecule has 0 unspecified atom stereocenters. The lowest BCUT2D eigenvalue weighted by Gasteiger charge is -2.03. The largest absolute Gasteiger partial charge is 0.463 e. The van der Waals surface area contributed by atoms with Gasteiger partial charge in [-0.1, -0.05) is 18.2 Å². The van der Waals surface area contributed by atoms with Gasteiger partial charge in [-0.15, -0.1) is 11.3 Å². The number of para-hydroxylation sites is 1. The number of carbonyl (C=O) groups excluding carboxylic acids is 2. The van der Waals surface area contributed by atoms with E-state index in [1.165, 1.54) is 4.57 Å². The van der Waals surface area contributed by atoms with Gasteiger partial charge in [0, 0.05) is 6.08 Å². The van der Waals surface area contributed by atoms with Crippen molar-refractivity contribution >= 4 is 34.9 Å². The molecule has 2 rings (SSSR count). The Morgan fingerprint density at radius 1 is 1.19 bits per heavy atom. The number of carbonyl (C=O) groups is 2. The SMILES string of the molecule is CCOC(=O)/C=c1\s/c(=C(/C#N)C(=O)OCC)n(-c2ccccc2)c1=O. The van der Waals surface area contributed by atoms with E-state index < -0.39 is 17.5 Å². The van der Waals surface area contributed by atoms with Gasteiger partial charge in [-0.2, -0.15) is 5.26 Å². The molecule has 0 spiro atoms. The van der Waals surface area contributed by atoms with Crippen LogP contribution in [0.5, 0.6) is 0 Å². The maximum atomic E-state index is 12.8. The van der Waals surface area contributed by atoms with E-state index in [1.807, 2.05) is 0 Å². The van der Waals surface area contributed by atoms with Crippen LogP contribution in [-0.4, -0.2) is 29.7 Å². The molecule has 0 fully saturated rings. The average molecular weight is 372 g/mol. The molecular weight excluding hydrogens is 356 g/mol. The maximum Gasteiger partial charge on any atom is 0.351 e. The first-order valence-corrected chi connectivity index (χ1v) is 8.62. The van der Waals surface area contributed by atoms with Crippen molar-refractivity contribution < 1.29 is 19.1 Å². The minimum atomic E-state index is -0.830. The number of nitrogens with zero attached hydrogens (tertiary/aromatic N) is 2. The zero-order chi connectivity index (χ0) is 19.1. The monoisotopic (exact) mass is 372 g/mol. The highest BCUT2D eigenvalue weighted by Gasteiger charge is 2.18. The highest BCUT2D eigenvalue weighted by atomic mass is 32.1. The second kappa shape index (κ2) is 8.78. The first-order chi connectivity index (χ1) is 12.5. The van der Waals surface area contributed by atoms with Gasteiger partial charge in [-0.25, -0.2) is 9.59 Å². The number of esters is 2. The molecule has 1 aromatic heterocycles. The molecule has 0 aliphatic heterocycles. The third kappa shape index (κ3) is 4.07. The summed E-state index contributed by atoms with van der Waals surface area (Å²) in [4.78, 5) is 36.6. The fourth-order valence-electron chi connectivity index (χ4n) is 2.14. The predicted molar refractivity (Wildman–Crippen MR) is 95.9 cm³/mol. The topological polar surface area (TPSA) is 98.4 Å². The number of benzene rings is 1. The molecule has 2 aromatic rings. The lowest BCUT2D eigenvalue weighted by Crippen LogP contribution is -2.32. The molecule has 134 valence electrons. The summed E-state index contributed by atoms with van der Waals surface area (Å²) in [5.74, 6) is -1.50. The van der Waals surface area contributed by atoms with Crippen LogP contribution in [0.4, 0.5) is 0 Å². The summed E-state index contributed by atoms with van der Waals surface area (Å²) >= 11 is 0.856. The van der Waals surface area contributed by atoms with Crippen molar-refractivity contribution in [3.8, 4) is 11.8 Å². The van der Waals surface area contributed by atoms with Gasteiger partial charge in [-0.3, -0.25) is 9.36 Å². The molecule has 7 nitrogen and oxygen atoms in total. The Kier molecular flexibility index (Phi) is 6.47. The molecule has 0 amide bonds. The number of thiazole rings is 1. The van der Waals surface area contributed by atoms with Crippen molar-refractivity contribution in [1.29, 1.82) is 5.26 Å². The van der Waals surface area contributed by atoms with Crippen molar-refractivity contribution in [2.45, 2.75) is 13.8 Å². The van der Waals surface area contributed by atoms with E-state index in [0.29, 0.717) is 5.69 Å². The quantitative estimate of drug-likeness (QED) is 0.708. The van der Waals surface area contributed by atoms with Crippen molar-refractivity contribution in [3.05, 3.63) is 49.9 Å². The van der Waals surface area contributed by atoms with Crippen LogP contribution in [0.2, 0.25) is 0 Å². The fraction of sp³-hybridized carbons (Fsp3) is 0.222. The predicted octanol–water partition coefficient (Wildman–Crippen LogP) is 0.480. The molecule has 0 aliphatic carbocycles. The lowest BCUT2D eigenvalue weighted by molar-refractivity contribution is -0.136. The van der Waals surface area contributed by atoms with Crippen molar-refractivity contribution in [2.24, 2.45) is 0 Å². The van der Waals surface area contributed by atoms with E-state index in [1.54, 1.807) is 50.2 Å². The summed E-state index contributed by atoms with van der Waals surface area (Å²) in [5, 5.41) is 9.42.